The van der Waals surface area contributed by atoms with Crippen LogP contribution in [0.25, 0.3) is 0 Å². The minimum atomic E-state index is -3.59. The highest BCUT2D eigenvalue weighted by atomic mass is 32.2. The Kier molecular flexibility index (Phi) is 6.41. The molecule has 0 aliphatic heterocycles. The topological polar surface area (TPSA) is 63.7 Å². The molecule has 110 valence electrons. The van der Waals surface area contributed by atoms with E-state index >= 15 is 0 Å². The maximum absolute atomic E-state index is 12.3. The van der Waals surface area contributed by atoms with E-state index in [0.29, 0.717) is 5.56 Å². The van der Waals surface area contributed by atoms with Crippen LogP contribution in [0.4, 0.5) is 0 Å². The van der Waals surface area contributed by atoms with Crippen LogP contribution in [0.2, 0.25) is 0 Å². The number of nitrogens with zero attached hydrogens (tertiary/aromatic N) is 1. The van der Waals surface area contributed by atoms with Crippen molar-refractivity contribution in [3.05, 3.63) is 48.6 Å². The van der Waals surface area contributed by atoms with Gasteiger partial charge in [-0.05, 0) is 12.5 Å². The first kappa shape index (κ1) is 16.4. The number of rotatable bonds is 8. The van der Waals surface area contributed by atoms with Gasteiger partial charge in [0.25, 0.3) is 0 Å². The van der Waals surface area contributed by atoms with Crippen molar-refractivity contribution in [2.45, 2.75) is 12.7 Å². The lowest BCUT2D eigenvalue weighted by atomic mass is 10.2. The zero-order valence-corrected chi connectivity index (χ0v) is 12.3. The summed E-state index contributed by atoms with van der Waals surface area (Å²) in [6.07, 6.45) is 1.45. The maximum atomic E-state index is 12.3. The molecular weight excluding hydrogens is 278 g/mol. The predicted octanol–water partition coefficient (Wildman–Crippen LogP) is 1.57. The van der Waals surface area contributed by atoms with Crippen LogP contribution in [0.1, 0.15) is 12.5 Å². The van der Waals surface area contributed by atoms with Gasteiger partial charge in [-0.15, -0.1) is 6.58 Å². The van der Waals surface area contributed by atoms with Gasteiger partial charge in [0.1, 0.15) is 6.54 Å². The van der Waals surface area contributed by atoms with E-state index in [9.17, 15) is 13.2 Å². The molecule has 1 aromatic carbocycles. The average molecular weight is 297 g/mol. The largest absolute Gasteiger partial charge is 0.465 e. The molecule has 1 aromatic rings. The van der Waals surface area contributed by atoms with Crippen molar-refractivity contribution in [3.63, 3.8) is 0 Å². The standard InChI is InChI=1S/C14H19NO4S/c1-3-10-15(11-14(16)19-4-2)20(17,18)12-13-8-6-5-7-9-13/h3,5-9H,1,4,10-12H2,2H3. The zero-order valence-electron chi connectivity index (χ0n) is 11.5. The number of sulfonamides is 1. The second-order valence-electron chi connectivity index (χ2n) is 4.13. The van der Waals surface area contributed by atoms with Crippen molar-refractivity contribution in [1.29, 1.82) is 0 Å². The van der Waals surface area contributed by atoms with Crippen molar-refractivity contribution in [2.24, 2.45) is 0 Å². The quantitative estimate of drug-likeness (QED) is 0.540. The van der Waals surface area contributed by atoms with Crippen LogP contribution in [-0.4, -0.2) is 38.4 Å². The van der Waals surface area contributed by atoms with Crippen molar-refractivity contribution in [1.82, 2.24) is 4.31 Å². The van der Waals surface area contributed by atoms with Gasteiger partial charge in [-0.1, -0.05) is 36.4 Å². The number of carbonyl (C=O) groups is 1. The molecule has 0 fully saturated rings. The van der Waals surface area contributed by atoms with Crippen molar-refractivity contribution >= 4 is 16.0 Å². The Balaban J connectivity index is 2.83. The van der Waals surface area contributed by atoms with E-state index in [2.05, 4.69) is 6.58 Å². The Morgan fingerprint density at radius 1 is 1.35 bits per heavy atom. The molecule has 0 aliphatic carbocycles. The van der Waals surface area contributed by atoms with Gasteiger partial charge in [0.15, 0.2) is 0 Å². The molecule has 0 heterocycles. The van der Waals surface area contributed by atoms with Crippen molar-refractivity contribution in [2.75, 3.05) is 19.7 Å². The second-order valence-corrected chi connectivity index (χ2v) is 6.10. The first-order valence-electron chi connectivity index (χ1n) is 6.28. The van der Waals surface area contributed by atoms with Gasteiger partial charge in [0.2, 0.25) is 10.0 Å². The van der Waals surface area contributed by atoms with Gasteiger partial charge in [-0.2, -0.15) is 4.31 Å². The fourth-order valence-corrected chi connectivity index (χ4v) is 3.08. The molecule has 0 amide bonds. The summed E-state index contributed by atoms with van der Waals surface area (Å²) in [5, 5.41) is 0. The minimum absolute atomic E-state index is 0.0774. The summed E-state index contributed by atoms with van der Waals surface area (Å²) in [5.74, 6) is -0.716. The summed E-state index contributed by atoms with van der Waals surface area (Å²) in [6, 6.07) is 8.82. The third kappa shape index (κ3) is 5.14. The molecule has 0 radical (unpaired) electrons. The van der Waals surface area contributed by atoms with E-state index in [1.54, 1.807) is 31.2 Å². The highest BCUT2D eigenvalue weighted by molar-refractivity contribution is 7.88. The number of ether oxygens (including phenoxy) is 1. The lowest BCUT2D eigenvalue weighted by Gasteiger charge is -2.19. The molecule has 0 bridgehead atoms. The van der Waals surface area contributed by atoms with Crippen LogP contribution in [0, 0.1) is 0 Å². The normalized spacial score (nSPS) is 11.3. The monoisotopic (exact) mass is 297 g/mol. The third-order valence-corrected chi connectivity index (χ3v) is 4.29. The van der Waals surface area contributed by atoms with Gasteiger partial charge >= 0.3 is 5.97 Å². The number of hydrogen-bond donors (Lipinski definition) is 0. The fourth-order valence-electron chi connectivity index (χ4n) is 1.65. The molecule has 6 heteroatoms. The summed E-state index contributed by atoms with van der Waals surface area (Å²) >= 11 is 0. The molecule has 1 rings (SSSR count). The second kappa shape index (κ2) is 7.81. The van der Waals surface area contributed by atoms with Gasteiger partial charge in [-0.3, -0.25) is 4.79 Å². The number of esters is 1. The van der Waals surface area contributed by atoms with Crippen LogP contribution in [0.3, 0.4) is 0 Å². The SMILES string of the molecule is C=CCN(CC(=O)OCC)S(=O)(=O)Cc1ccccc1. The lowest BCUT2D eigenvalue weighted by Crippen LogP contribution is -2.37. The molecule has 0 aliphatic rings. The predicted molar refractivity (Wildman–Crippen MR) is 77.5 cm³/mol. The first-order chi connectivity index (χ1) is 9.49. The van der Waals surface area contributed by atoms with Crippen molar-refractivity contribution < 1.29 is 17.9 Å². The minimum Gasteiger partial charge on any atom is -0.465 e. The molecule has 0 atom stereocenters. The van der Waals surface area contributed by atoms with E-state index in [1.807, 2.05) is 6.07 Å². The third-order valence-electron chi connectivity index (χ3n) is 2.53. The molecule has 0 N–H and O–H groups in total. The molecular formula is C14H19NO4S. The van der Waals surface area contributed by atoms with E-state index in [-0.39, 0.29) is 25.4 Å². The van der Waals surface area contributed by atoms with Gasteiger partial charge in [-0.25, -0.2) is 8.42 Å². The van der Waals surface area contributed by atoms with Gasteiger partial charge < -0.3 is 4.74 Å². The van der Waals surface area contributed by atoms with Crippen LogP contribution < -0.4 is 0 Å². The zero-order chi connectivity index (χ0) is 15.0. The van der Waals surface area contributed by atoms with E-state index in [4.69, 9.17) is 4.74 Å². The van der Waals surface area contributed by atoms with E-state index in [0.717, 1.165) is 4.31 Å². The Morgan fingerprint density at radius 3 is 2.55 bits per heavy atom. The molecule has 5 nitrogen and oxygen atoms in total. The van der Waals surface area contributed by atoms with E-state index in [1.165, 1.54) is 6.08 Å². The average Bonchev–Trinajstić information content (AvgIpc) is 2.39. The van der Waals surface area contributed by atoms with Crippen molar-refractivity contribution in [3.8, 4) is 0 Å². The highest BCUT2D eigenvalue weighted by Gasteiger charge is 2.24. The van der Waals surface area contributed by atoms with Crippen LogP contribution in [0.5, 0.6) is 0 Å². The molecule has 0 unspecified atom stereocenters. The fraction of sp³-hybridized carbons (Fsp3) is 0.357. The molecule has 0 saturated heterocycles. The summed E-state index contributed by atoms with van der Waals surface area (Å²) in [5.41, 5.74) is 0.672. The Labute approximate surface area is 119 Å². The number of benzene rings is 1. The first-order valence-corrected chi connectivity index (χ1v) is 7.88. The summed E-state index contributed by atoms with van der Waals surface area (Å²) in [7, 11) is -3.59. The summed E-state index contributed by atoms with van der Waals surface area (Å²) in [6.45, 7) is 5.19. The van der Waals surface area contributed by atoms with E-state index < -0.39 is 16.0 Å². The van der Waals surface area contributed by atoms with Crippen LogP contribution in [-0.2, 0) is 25.3 Å². The highest BCUT2D eigenvalue weighted by Crippen LogP contribution is 2.11. The molecule has 20 heavy (non-hydrogen) atoms. The van der Waals surface area contributed by atoms with Crippen LogP contribution in [0.15, 0.2) is 43.0 Å². The Morgan fingerprint density at radius 2 is 2.00 bits per heavy atom. The smallest absolute Gasteiger partial charge is 0.321 e. The molecule has 0 spiro atoms. The van der Waals surface area contributed by atoms with Gasteiger partial charge in [0, 0.05) is 6.54 Å². The van der Waals surface area contributed by atoms with Gasteiger partial charge in [0.05, 0.1) is 12.4 Å². The molecule has 0 aromatic heterocycles. The Hall–Kier alpha value is -1.66. The summed E-state index contributed by atoms with van der Waals surface area (Å²) < 4.78 is 30.5. The number of hydrogen-bond acceptors (Lipinski definition) is 4. The Bertz CT molecular complexity index is 540. The maximum Gasteiger partial charge on any atom is 0.321 e. The molecule has 0 saturated carbocycles. The number of carbonyl (C=O) groups excluding carboxylic acids is 1. The van der Waals surface area contributed by atoms with Crippen LogP contribution >= 0.6 is 0 Å². The summed E-state index contributed by atoms with van der Waals surface area (Å²) in [4.78, 5) is 11.5. The lowest BCUT2D eigenvalue weighted by molar-refractivity contribution is -0.143.